The molecule has 1 aliphatic rings. The third-order valence-corrected chi connectivity index (χ3v) is 4.40. The van der Waals surface area contributed by atoms with Gasteiger partial charge < -0.3 is 9.64 Å². The van der Waals surface area contributed by atoms with E-state index in [0.29, 0.717) is 30.8 Å². The third kappa shape index (κ3) is 3.33. The van der Waals surface area contributed by atoms with Gasteiger partial charge in [0.15, 0.2) is 0 Å². The highest BCUT2D eigenvalue weighted by Gasteiger charge is 2.22. The highest BCUT2D eigenvalue weighted by Crippen LogP contribution is 2.22. The molecule has 1 heterocycles. The minimum Gasteiger partial charge on any atom is -0.378 e. The van der Waals surface area contributed by atoms with Crippen molar-refractivity contribution in [3.8, 4) is 0 Å². The normalized spacial score (nSPS) is 16.4. The Morgan fingerprint density at radius 2 is 1.95 bits per heavy atom. The van der Waals surface area contributed by atoms with E-state index in [-0.39, 0.29) is 16.4 Å². The molecule has 0 atom stereocenters. The van der Waals surface area contributed by atoms with Crippen molar-refractivity contribution in [2.24, 2.45) is 5.14 Å². The molecule has 0 aromatic heterocycles. The molecule has 2 N–H and O–H groups in total. The smallest absolute Gasteiger partial charge is 0.255 e. The van der Waals surface area contributed by atoms with Crippen molar-refractivity contribution in [2.75, 3.05) is 26.3 Å². The lowest BCUT2D eigenvalue weighted by Gasteiger charge is -2.27. The molecule has 1 aliphatic heterocycles. The molecule has 0 saturated carbocycles. The van der Waals surface area contributed by atoms with Crippen LogP contribution in [-0.4, -0.2) is 45.5 Å². The summed E-state index contributed by atoms with van der Waals surface area (Å²) in [5, 5.41) is 5.07. The molecular weight excluding hydrogens is 336 g/mol. The minimum absolute atomic E-state index is 0.0766. The molecule has 0 radical (unpaired) electrons. The molecular formula is C11H13BrN2O4S. The predicted octanol–water partition coefficient (Wildman–Crippen LogP) is 0.569. The highest BCUT2D eigenvalue weighted by molar-refractivity contribution is 9.10. The minimum atomic E-state index is -3.82. The van der Waals surface area contributed by atoms with Gasteiger partial charge in [0.1, 0.15) is 0 Å². The van der Waals surface area contributed by atoms with Crippen molar-refractivity contribution < 1.29 is 17.9 Å². The number of carbonyl (C=O) groups excluding carboxylic acids is 1. The fourth-order valence-corrected chi connectivity index (χ4v) is 2.74. The van der Waals surface area contributed by atoms with E-state index >= 15 is 0 Å². The first kappa shape index (κ1) is 14.4. The predicted molar refractivity (Wildman–Crippen MR) is 72.2 cm³/mol. The van der Waals surface area contributed by atoms with Crippen LogP contribution in [0.15, 0.2) is 27.6 Å². The van der Waals surface area contributed by atoms with E-state index in [1.165, 1.54) is 18.2 Å². The fraction of sp³-hybridized carbons (Fsp3) is 0.364. The molecule has 1 aromatic carbocycles. The average molecular weight is 349 g/mol. The van der Waals surface area contributed by atoms with Crippen LogP contribution in [0.3, 0.4) is 0 Å². The summed E-state index contributed by atoms with van der Waals surface area (Å²) in [6.07, 6.45) is 0. The van der Waals surface area contributed by atoms with Crippen molar-refractivity contribution in [3.05, 3.63) is 28.2 Å². The SMILES string of the molecule is NS(=O)(=O)c1ccc(Br)c(C(=O)N2CCOCC2)c1. The van der Waals surface area contributed by atoms with Gasteiger partial charge in [-0.15, -0.1) is 0 Å². The van der Waals surface area contributed by atoms with Crippen molar-refractivity contribution in [1.29, 1.82) is 0 Å². The first-order valence-electron chi connectivity index (χ1n) is 5.59. The van der Waals surface area contributed by atoms with E-state index in [0.717, 1.165) is 0 Å². The number of carbonyl (C=O) groups is 1. The second-order valence-corrected chi connectivity index (χ2v) is 6.51. The highest BCUT2D eigenvalue weighted by atomic mass is 79.9. The number of nitrogens with two attached hydrogens (primary N) is 1. The Labute approximate surface area is 119 Å². The first-order chi connectivity index (χ1) is 8.89. The summed E-state index contributed by atoms with van der Waals surface area (Å²) < 4.78 is 28.3. The maximum Gasteiger partial charge on any atom is 0.255 e. The van der Waals surface area contributed by atoms with Crippen LogP contribution in [0.5, 0.6) is 0 Å². The van der Waals surface area contributed by atoms with Gasteiger partial charge in [0.05, 0.1) is 23.7 Å². The number of benzene rings is 1. The number of sulfonamides is 1. The first-order valence-corrected chi connectivity index (χ1v) is 7.93. The molecule has 1 saturated heterocycles. The van der Waals surface area contributed by atoms with E-state index in [2.05, 4.69) is 15.9 Å². The number of ether oxygens (including phenoxy) is 1. The monoisotopic (exact) mass is 348 g/mol. The van der Waals surface area contributed by atoms with E-state index in [1.54, 1.807) is 4.90 Å². The maximum atomic E-state index is 12.3. The molecule has 0 bridgehead atoms. The van der Waals surface area contributed by atoms with Crippen LogP contribution in [0.25, 0.3) is 0 Å². The standard InChI is InChI=1S/C11H13BrN2O4S/c12-10-2-1-8(19(13,16)17)7-9(10)11(15)14-3-5-18-6-4-14/h1-2,7H,3-6H2,(H2,13,16,17). The van der Waals surface area contributed by atoms with Crippen LogP contribution in [0.2, 0.25) is 0 Å². The Morgan fingerprint density at radius 3 is 2.53 bits per heavy atom. The molecule has 104 valence electrons. The summed E-state index contributed by atoms with van der Waals surface area (Å²) in [6, 6.07) is 4.15. The van der Waals surface area contributed by atoms with Gasteiger partial charge in [0, 0.05) is 17.6 Å². The average Bonchev–Trinajstić information content (AvgIpc) is 2.38. The summed E-state index contributed by atoms with van der Waals surface area (Å²) >= 11 is 3.25. The zero-order valence-corrected chi connectivity index (χ0v) is 12.4. The molecule has 1 aromatic rings. The van der Waals surface area contributed by atoms with Crippen LogP contribution in [0.4, 0.5) is 0 Å². The van der Waals surface area contributed by atoms with Crippen LogP contribution in [0.1, 0.15) is 10.4 Å². The molecule has 1 amide bonds. The second kappa shape index (κ2) is 5.58. The number of rotatable bonds is 2. The second-order valence-electron chi connectivity index (χ2n) is 4.09. The Kier molecular flexibility index (Phi) is 4.24. The quantitative estimate of drug-likeness (QED) is 0.845. The summed E-state index contributed by atoms with van der Waals surface area (Å²) in [6.45, 7) is 1.95. The lowest BCUT2D eigenvalue weighted by molar-refractivity contribution is 0.0302. The zero-order valence-electron chi connectivity index (χ0n) is 10.0. The fourth-order valence-electron chi connectivity index (χ4n) is 1.78. The number of morpholine rings is 1. The number of amides is 1. The number of halogens is 1. The Balaban J connectivity index is 2.35. The van der Waals surface area contributed by atoms with Gasteiger partial charge in [-0.25, -0.2) is 13.6 Å². The van der Waals surface area contributed by atoms with Crippen LogP contribution in [-0.2, 0) is 14.8 Å². The lowest BCUT2D eigenvalue weighted by Crippen LogP contribution is -2.40. The number of hydrogen-bond donors (Lipinski definition) is 1. The maximum absolute atomic E-state index is 12.3. The van der Waals surface area contributed by atoms with Gasteiger partial charge in [-0.05, 0) is 34.1 Å². The van der Waals surface area contributed by atoms with Crippen LogP contribution >= 0.6 is 15.9 Å². The van der Waals surface area contributed by atoms with Crippen molar-refractivity contribution >= 4 is 31.9 Å². The molecule has 8 heteroatoms. The van der Waals surface area contributed by atoms with Crippen molar-refractivity contribution in [1.82, 2.24) is 4.90 Å². The van der Waals surface area contributed by atoms with Gasteiger partial charge in [-0.1, -0.05) is 0 Å². The van der Waals surface area contributed by atoms with Gasteiger partial charge in [0.25, 0.3) is 5.91 Å². The van der Waals surface area contributed by atoms with Gasteiger partial charge in [-0.3, -0.25) is 4.79 Å². The molecule has 0 unspecified atom stereocenters. The van der Waals surface area contributed by atoms with Gasteiger partial charge in [-0.2, -0.15) is 0 Å². The molecule has 2 rings (SSSR count). The van der Waals surface area contributed by atoms with Crippen molar-refractivity contribution in [2.45, 2.75) is 4.90 Å². The number of hydrogen-bond acceptors (Lipinski definition) is 4. The van der Waals surface area contributed by atoms with E-state index in [4.69, 9.17) is 9.88 Å². The third-order valence-electron chi connectivity index (χ3n) is 2.80. The van der Waals surface area contributed by atoms with E-state index in [9.17, 15) is 13.2 Å². The van der Waals surface area contributed by atoms with E-state index < -0.39 is 10.0 Å². The van der Waals surface area contributed by atoms with Crippen LogP contribution in [0, 0.1) is 0 Å². The number of primary sulfonamides is 1. The lowest BCUT2D eigenvalue weighted by atomic mass is 10.2. The van der Waals surface area contributed by atoms with Gasteiger partial charge >= 0.3 is 0 Å². The number of nitrogens with zero attached hydrogens (tertiary/aromatic N) is 1. The Morgan fingerprint density at radius 1 is 1.32 bits per heavy atom. The summed E-state index contributed by atoms with van der Waals surface area (Å²) in [7, 11) is -3.82. The summed E-state index contributed by atoms with van der Waals surface area (Å²) in [4.78, 5) is 13.8. The van der Waals surface area contributed by atoms with Crippen LogP contribution < -0.4 is 5.14 Å². The molecule has 0 spiro atoms. The molecule has 0 aliphatic carbocycles. The Hall–Kier alpha value is -0.960. The molecule has 6 nitrogen and oxygen atoms in total. The summed E-state index contributed by atoms with van der Waals surface area (Å²) in [5.41, 5.74) is 0.286. The van der Waals surface area contributed by atoms with E-state index in [1.807, 2.05) is 0 Å². The largest absolute Gasteiger partial charge is 0.378 e. The Bertz CT molecular complexity index is 597. The summed E-state index contributed by atoms with van der Waals surface area (Å²) in [5.74, 6) is -0.235. The molecule has 1 fully saturated rings. The molecule has 19 heavy (non-hydrogen) atoms. The van der Waals surface area contributed by atoms with Gasteiger partial charge in [0.2, 0.25) is 10.0 Å². The van der Waals surface area contributed by atoms with Crippen molar-refractivity contribution in [3.63, 3.8) is 0 Å². The zero-order chi connectivity index (χ0) is 14.0. The topological polar surface area (TPSA) is 89.7 Å².